The molecule has 0 aliphatic rings. The number of carbonyl (C=O) groups is 2. The van der Waals surface area contributed by atoms with E-state index in [0.717, 1.165) is 11.1 Å². The second kappa shape index (κ2) is 7.10. The fraction of sp³-hybridized carbons (Fsp3) is 0.105. The number of pyridine rings is 1. The molecule has 0 unspecified atom stereocenters. The van der Waals surface area contributed by atoms with E-state index in [-0.39, 0.29) is 11.5 Å². The quantitative estimate of drug-likeness (QED) is 0.750. The Labute approximate surface area is 149 Å². The molecule has 0 fully saturated rings. The van der Waals surface area contributed by atoms with Crippen molar-refractivity contribution in [2.45, 2.75) is 13.8 Å². The molecular weight excluding hydrogens is 332 g/mol. The second-order valence-electron chi connectivity index (χ2n) is 5.77. The van der Waals surface area contributed by atoms with Crippen molar-refractivity contribution in [1.29, 1.82) is 0 Å². The molecule has 2 heterocycles. The molecule has 3 rings (SSSR count). The Morgan fingerprint density at radius 1 is 1.00 bits per heavy atom. The van der Waals surface area contributed by atoms with Crippen LogP contribution in [0, 0.1) is 13.8 Å². The van der Waals surface area contributed by atoms with Gasteiger partial charge in [0.2, 0.25) is 0 Å². The summed E-state index contributed by atoms with van der Waals surface area (Å²) in [5.41, 5.74) is 3.54. The van der Waals surface area contributed by atoms with Crippen molar-refractivity contribution in [2.24, 2.45) is 0 Å². The van der Waals surface area contributed by atoms with Crippen LogP contribution in [-0.4, -0.2) is 31.9 Å². The van der Waals surface area contributed by atoms with Crippen LogP contribution in [0.2, 0.25) is 0 Å². The molecule has 0 saturated carbocycles. The monoisotopic (exact) mass is 348 g/mol. The van der Waals surface area contributed by atoms with Gasteiger partial charge in [-0.05, 0) is 43.2 Å². The Kier molecular flexibility index (Phi) is 4.70. The third kappa shape index (κ3) is 3.56. The van der Waals surface area contributed by atoms with Crippen LogP contribution < -0.4 is 5.32 Å². The van der Waals surface area contributed by atoms with E-state index in [2.05, 4.69) is 20.3 Å². The third-order valence-corrected chi connectivity index (χ3v) is 3.92. The van der Waals surface area contributed by atoms with Crippen molar-refractivity contribution in [3.63, 3.8) is 0 Å². The summed E-state index contributed by atoms with van der Waals surface area (Å²) in [5.74, 6) is -0.992. The molecule has 2 N–H and O–H groups in total. The van der Waals surface area contributed by atoms with Crippen LogP contribution in [0.25, 0.3) is 11.3 Å². The number of hydrogen-bond donors (Lipinski definition) is 2. The fourth-order valence-corrected chi connectivity index (χ4v) is 2.47. The molecule has 0 spiro atoms. The van der Waals surface area contributed by atoms with Gasteiger partial charge in [0.05, 0.1) is 23.7 Å². The predicted octanol–water partition coefficient (Wildman–Crippen LogP) is 3.11. The molecule has 130 valence electrons. The Morgan fingerprint density at radius 2 is 1.81 bits per heavy atom. The van der Waals surface area contributed by atoms with Crippen LogP contribution >= 0.6 is 0 Å². The summed E-state index contributed by atoms with van der Waals surface area (Å²) < 4.78 is 0. The summed E-state index contributed by atoms with van der Waals surface area (Å²) in [4.78, 5) is 35.9. The highest BCUT2D eigenvalue weighted by atomic mass is 16.4. The van der Waals surface area contributed by atoms with E-state index in [1.165, 1.54) is 12.4 Å². The molecule has 3 aromatic rings. The number of aromatic nitrogens is 3. The minimum atomic E-state index is -1.00. The maximum atomic E-state index is 12.3. The molecule has 7 nitrogen and oxygen atoms in total. The SMILES string of the molecule is Cc1cnccc1C(=O)Nc1cnc(-c2cc(C(=O)O)ccc2C)cn1. The van der Waals surface area contributed by atoms with Crippen molar-refractivity contribution < 1.29 is 14.7 Å². The number of benzene rings is 1. The number of nitrogens with zero attached hydrogens (tertiary/aromatic N) is 3. The van der Waals surface area contributed by atoms with Gasteiger partial charge in [0.1, 0.15) is 0 Å². The maximum Gasteiger partial charge on any atom is 0.335 e. The highest BCUT2D eigenvalue weighted by Gasteiger charge is 2.12. The lowest BCUT2D eigenvalue weighted by molar-refractivity contribution is 0.0696. The first-order chi connectivity index (χ1) is 12.5. The third-order valence-electron chi connectivity index (χ3n) is 3.92. The maximum absolute atomic E-state index is 12.3. The first-order valence-corrected chi connectivity index (χ1v) is 7.84. The van der Waals surface area contributed by atoms with Crippen LogP contribution in [0.4, 0.5) is 5.82 Å². The van der Waals surface area contributed by atoms with E-state index in [9.17, 15) is 9.59 Å². The molecule has 0 aliphatic carbocycles. The van der Waals surface area contributed by atoms with E-state index in [1.807, 2.05) is 6.92 Å². The van der Waals surface area contributed by atoms with Gasteiger partial charge in [-0.15, -0.1) is 0 Å². The van der Waals surface area contributed by atoms with Crippen molar-refractivity contribution >= 4 is 17.7 Å². The second-order valence-corrected chi connectivity index (χ2v) is 5.77. The number of carboxylic acids is 1. The molecule has 1 aromatic carbocycles. The topological polar surface area (TPSA) is 105 Å². The van der Waals surface area contributed by atoms with E-state index in [0.29, 0.717) is 22.6 Å². The van der Waals surface area contributed by atoms with Gasteiger partial charge in [-0.25, -0.2) is 9.78 Å². The molecule has 1 amide bonds. The zero-order valence-electron chi connectivity index (χ0n) is 14.2. The number of carbonyl (C=O) groups excluding carboxylic acids is 1. The van der Waals surface area contributed by atoms with Crippen molar-refractivity contribution in [3.8, 4) is 11.3 Å². The van der Waals surface area contributed by atoms with E-state index in [1.54, 1.807) is 43.6 Å². The van der Waals surface area contributed by atoms with Crippen LogP contribution in [0.3, 0.4) is 0 Å². The summed E-state index contributed by atoms with van der Waals surface area (Å²) in [6, 6.07) is 6.45. The van der Waals surface area contributed by atoms with Gasteiger partial charge in [-0.2, -0.15) is 0 Å². The minimum absolute atomic E-state index is 0.179. The van der Waals surface area contributed by atoms with Crippen molar-refractivity contribution in [3.05, 3.63) is 71.3 Å². The van der Waals surface area contributed by atoms with Crippen LogP contribution in [0.1, 0.15) is 31.8 Å². The van der Waals surface area contributed by atoms with E-state index in [4.69, 9.17) is 5.11 Å². The van der Waals surface area contributed by atoms with Crippen molar-refractivity contribution in [2.75, 3.05) is 5.32 Å². The lowest BCUT2D eigenvalue weighted by Crippen LogP contribution is -2.14. The number of rotatable bonds is 4. The molecule has 7 heteroatoms. The fourth-order valence-electron chi connectivity index (χ4n) is 2.47. The normalized spacial score (nSPS) is 10.4. The van der Waals surface area contributed by atoms with Crippen LogP contribution in [0.15, 0.2) is 49.1 Å². The number of aromatic carboxylic acids is 1. The first kappa shape index (κ1) is 17.2. The van der Waals surface area contributed by atoms with E-state index >= 15 is 0 Å². The molecule has 0 saturated heterocycles. The summed E-state index contributed by atoms with van der Waals surface area (Å²) in [6.45, 7) is 3.67. The summed E-state index contributed by atoms with van der Waals surface area (Å²) in [5, 5.41) is 11.8. The Balaban J connectivity index is 1.83. The number of amides is 1. The molecule has 0 bridgehead atoms. The average Bonchev–Trinajstić information content (AvgIpc) is 2.63. The van der Waals surface area contributed by atoms with Gasteiger partial charge in [-0.1, -0.05) is 6.07 Å². The van der Waals surface area contributed by atoms with Gasteiger partial charge in [0.15, 0.2) is 5.82 Å². The molecule has 0 radical (unpaired) electrons. The summed E-state index contributed by atoms with van der Waals surface area (Å²) in [7, 11) is 0. The molecule has 0 aliphatic heterocycles. The zero-order chi connectivity index (χ0) is 18.7. The van der Waals surface area contributed by atoms with Gasteiger partial charge in [-0.3, -0.25) is 14.8 Å². The number of hydrogen-bond acceptors (Lipinski definition) is 5. The molecular formula is C19H16N4O3. The Hall–Kier alpha value is -3.61. The number of nitrogens with one attached hydrogen (secondary N) is 1. The van der Waals surface area contributed by atoms with Gasteiger partial charge in [0.25, 0.3) is 5.91 Å². The number of aryl methyl sites for hydroxylation is 2. The molecule has 2 aromatic heterocycles. The standard InChI is InChI=1S/C19H16N4O3/c1-11-3-4-13(19(25)26)7-15(11)16-9-22-17(10-21-16)23-18(24)14-5-6-20-8-12(14)2/h3-10H,1-2H3,(H,25,26)(H,22,23,24). The largest absolute Gasteiger partial charge is 0.478 e. The number of carboxylic acid groups (broad SMARTS) is 1. The minimum Gasteiger partial charge on any atom is -0.478 e. The van der Waals surface area contributed by atoms with Gasteiger partial charge >= 0.3 is 5.97 Å². The van der Waals surface area contributed by atoms with Gasteiger partial charge < -0.3 is 10.4 Å². The highest BCUT2D eigenvalue weighted by Crippen LogP contribution is 2.23. The van der Waals surface area contributed by atoms with Crippen molar-refractivity contribution in [1.82, 2.24) is 15.0 Å². The molecule has 26 heavy (non-hydrogen) atoms. The van der Waals surface area contributed by atoms with Gasteiger partial charge in [0, 0.05) is 23.5 Å². The number of anilines is 1. The smallest absolute Gasteiger partial charge is 0.335 e. The average molecular weight is 348 g/mol. The first-order valence-electron chi connectivity index (χ1n) is 7.84. The predicted molar refractivity (Wildman–Crippen MR) is 96.1 cm³/mol. The highest BCUT2D eigenvalue weighted by molar-refractivity contribution is 6.04. The zero-order valence-corrected chi connectivity index (χ0v) is 14.2. The lowest BCUT2D eigenvalue weighted by Gasteiger charge is -2.09. The van der Waals surface area contributed by atoms with E-state index < -0.39 is 5.97 Å². The lowest BCUT2D eigenvalue weighted by atomic mass is 10.0. The Bertz CT molecular complexity index is 984. The Morgan fingerprint density at radius 3 is 2.46 bits per heavy atom. The van der Waals surface area contributed by atoms with Crippen LogP contribution in [0.5, 0.6) is 0 Å². The summed E-state index contributed by atoms with van der Waals surface area (Å²) >= 11 is 0. The molecule has 0 atom stereocenters. The van der Waals surface area contributed by atoms with Crippen LogP contribution in [-0.2, 0) is 0 Å². The summed E-state index contributed by atoms with van der Waals surface area (Å²) in [6.07, 6.45) is 6.11.